The minimum absolute atomic E-state index is 0.0100. The lowest BCUT2D eigenvalue weighted by molar-refractivity contribution is -0.146. The van der Waals surface area contributed by atoms with Gasteiger partial charge in [0.25, 0.3) is 0 Å². The molecule has 0 fully saturated rings. The summed E-state index contributed by atoms with van der Waals surface area (Å²) >= 11 is 0. The second kappa shape index (κ2) is 103. The van der Waals surface area contributed by atoms with E-state index in [1.807, 2.05) is 0 Å². The number of ether oxygens (including phenoxy) is 7. The highest BCUT2D eigenvalue weighted by atomic mass is 16.7. The van der Waals surface area contributed by atoms with Crippen molar-refractivity contribution in [2.75, 3.05) is 112 Å². The van der Waals surface area contributed by atoms with Gasteiger partial charge in [-0.3, -0.25) is 24.2 Å². The fraction of sp³-hybridized carbons (Fsp3) is 0.944. The minimum Gasteiger partial charge on any atom is -0.465 e. The normalized spacial score (nSPS) is 12.4. The summed E-state index contributed by atoms with van der Waals surface area (Å²) in [6, 6.07) is 0. The van der Waals surface area contributed by atoms with E-state index in [2.05, 4.69) is 110 Å². The van der Waals surface area contributed by atoms with Gasteiger partial charge in [0.1, 0.15) is 37.8 Å². The summed E-state index contributed by atoms with van der Waals surface area (Å²) in [7, 11) is 0. The molecule has 0 heterocycles. The average molecular weight is 1780 g/mol. The van der Waals surface area contributed by atoms with E-state index in [9.17, 15) is 28.8 Å². The first-order valence-corrected chi connectivity index (χ1v) is 54.6. The summed E-state index contributed by atoms with van der Waals surface area (Å²) in [6.07, 6.45) is 75.8. The van der Waals surface area contributed by atoms with Crippen molar-refractivity contribution in [2.45, 2.75) is 539 Å². The molecule has 0 aliphatic heterocycles. The number of ketones is 1. The number of unbranched alkanes of at least 4 members (excludes halogenated alkanes) is 44. The third-order valence-corrected chi connectivity index (χ3v) is 25.3. The SMILES string of the molecule is CCCCCCCCC(CCCCCC)COC(=O)CCCCCCCCC(CCCCCC)OC(=O)OCCN(CCC)CCN(CC)CC.CCCCCCCCCC(=O)OCCN(CCOC(=O)OC(CCCCCC)CCCCCCCCC(=O)OCC(CCCCCC)CCCCCCCC)CCN(CC)CC.CCCCCCCCCC(C)=O. The van der Waals surface area contributed by atoms with E-state index in [1.165, 1.54) is 257 Å². The first kappa shape index (κ1) is 126. The molecule has 0 bridgehead atoms. The first-order valence-electron chi connectivity index (χ1n) is 54.6. The third kappa shape index (κ3) is 94.9. The molecule has 0 aromatic heterocycles. The second-order valence-corrected chi connectivity index (χ2v) is 37.0. The van der Waals surface area contributed by atoms with Gasteiger partial charge in [-0.25, -0.2) is 9.59 Å². The Kier molecular flexibility index (Phi) is 103. The van der Waals surface area contributed by atoms with Crippen molar-refractivity contribution in [3.05, 3.63) is 0 Å². The molecule has 0 saturated heterocycles. The van der Waals surface area contributed by atoms with Crippen LogP contribution in [-0.2, 0) is 52.3 Å². The summed E-state index contributed by atoms with van der Waals surface area (Å²) in [5.41, 5.74) is 0. The highest BCUT2D eigenvalue weighted by molar-refractivity contribution is 5.75. The van der Waals surface area contributed by atoms with Gasteiger partial charge in [0.2, 0.25) is 0 Å². The Labute approximate surface area is 776 Å². The van der Waals surface area contributed by atoms with Gasteiger partial charge >= 0.3 is 30.2 Å². The molecule has 17 heteroatoms. The summed E-state index contributed by atoms with van der Waals surface area (Å²) in [6.45, 7) is 43.6. The molecule has 17 nitrogen and oxygen atoms in total. The number of Topliss-reactive ketones (excluding diaryl/α,β-unsaturated/α-hetero) is 1. The van der Waals surface area contributed by atoms with Crippen molar-refractivity contribution in [1.29, 1.82) is 0 Å². The van der Waals surface area contributed by atoms with Crippen LogP contribution in [0.3, 0.4) is 0 Å². The van der Waals surface area contributed by atoms with Crippen LogP contribution in [0, 0.1) is 11.8 Å². The fourth-order valence-corrected chi connectivity index (χ4v) is 16.6. The molecule has 0 aliphatic carbocycles. The number of carbonyl (C=O) groups is 6. The monoisotopic (exact) mass is 1780 g/mol. The molecule has 0 saturated carbocycles. The number of esters is 3. The van der Waals surface area contributed by atoms with Crippen molar-refractivity contribution in [3.8, 4) is 0 Å². The predicted molar refractivity (Wildman–Crippen MR) is 532 cm³/mol. The van der Waals surface area contributed by atoms with Crippen LogP contribution in [0.5, 0.6) is 0 Å². The zero-order chi connectivity index (χ0) is 92.4. The number of hydrogen-bond acceptors (Lipinski definition) is 17. The molecule has 0 aromatic carbocycles. The molecular weight excluding hydrogens is 1560 g/mol. The lowest BCUT2D eigenvalue weighted by Crippen LogP contribution is -2.39. The van der Waals surface area contributed by atoms with Gasteiger partial charge in [0.05, 0.1) is 13.2 Å². The van der Waals surface area contributed by atoms with Crippen molar-refractivity contribution in [2.24, 2.45) is 11.8 Å². The highest BCUT2D eigenvalue weighted by Crippen LogP contribution is 2.25. The van der Waals surface area contributed by atoms with Crippen LogP contribution in [-0.4, -0.2) is 179 Å². The fourth-order valence-electron chi connectivity index (χ4n) is 16.6. The second-order valence-electron chi connectivity index (χ2n) is 37.0. The topological polar surface area (TPSA) is 180 Å². The summed E-state index contributed by atoms with van der Waals surface area (Å²) in [5.74, 6) is 1.23. The predicted octanol–water partition coefficient (Wildman–Crippen LogP) is 31.1. The number of carbonyl (C=O) groups excluding carboxylic acids is 6. The van der Waals surface area contributed by atoms with E-state index in [0.717, 1.165) is 220 Å². The zero-order valence-corrected chi connectivity index (χ0v) is 85.8. The van der Waals surface area contributed by atoms with E-state index in [1.54, 1.807) is 6.92 Å². The number of likely N-dealkylation sites (N-methyl/N-ethyl adjacent to an activating group) is 2. The Morgan fingerprint density at radius 1 is 0.208 bits per heavy atom. The van der Waals surface area contributed by atoms with Gasteiger partial charge in [0, 0.05) is 71.5 Å². The highest BCUT2D eigenvalue weighted by Gasteiger charge is 2.21. The summed E-state index contributed by atoms with van der Waals surface area (Å²) in [4.78, 5) is 83.1. The molecule has 0 radical (unpaired) electrons. The number of rotatable bonds is 95. The maximum atomic E-state index is 12.9. The van der Waals surface area contributed by atoms with Gasteiger partial charge in [-0.2, -0.15) is 0 Å². The van der Waals surface area contributed by atoms with Crippen LogP contribution >= 0.6 is 0 Å². The molecule has 0 spiro atoms. The number of hydrogen-bond donors (Lipinski definition) is 0. The Hall–Kier alpha value is -3.54. The lowest BCUT2D eigenvalue weighted by Gasteiger charge is -2.26. The molecular formula is C108H214N4O13. The molecule has 0 N–H and O–H groups in total. The van der Waals surface area contributed by atoms with Crippen molar-refractivity contribution >= 4 is 36.0 Å². The van der Waals surface area contributed by atoms with Gasteiger partial charge < -0.3 is 47.8 Å². The lowest BCUT2D eigenvalue weighted by atomic mass is 9.95. The van der Waals surface area contributed by atoms with Crippen LogP contribution in [0.4, 0.5) is 9.59 Å². The van der Waals surface area contributed by atoms with Crippen molar-refractivity contribution < 1.29 is 61.9 Å². The van der Waals surface area contributed by atoms with Crippen molar-refractivity contribution in [3.63, 3.8) is 0 Å². The largest absolute Gasteiger partial charge is 0.508 e. The van der Waals surface area contributed by atoms with Crippen LogP contribution < -0.4 is 0 Å². The molecule has 0 aliphatic rings. The van der Waals surface area contributed by atoms with Crippen LogP contribution in [0.25, 0.3) is 0 Å². The Balaban J connectivity index is -0.00000212. The van der Waals surface area contributed by atoms with Gasteiger partial charge in [-0.15, -0.1) is 0 Å². The molecule has 0 amide bonds. The smallest absolute Gasteiger partial charge is 0.465 e. The zero-order valence-electron chi connectivity index (χ0n) is 85.8. The van der Waals surface area contributed by atoms with E-state index in [4.69, 9.17) is 33.2 Å². The first-order chi connectivity index (χ1) is 61.0. The quantitative estimate of drug-likeness (QED) is 0.0318. The summed E-state index contributed by atoms with van der Waals surface area (Å²) < 4.78 is 40.2. The van der Waals surface area contributed by atoms with Crippen LogP contribution in [0.2, 0.25) is 0 Å². The molecule has 125 heavy (non-hydrogen) atoms. The van der Waals surface area contributed by atoms with Gasteiger partial charge in [-0.05, 0) is 161 Å². The summed E-state index contributed by atoms with van der Waals surface area (Å²) in [5, 5.41) is 0. The standard InChI is InChI=1S/C53H104N2O7.C44H88N2O5.C11H22O/c1-7-13-17-21-23-28-34-40-51(56)59-46-44-55(43-42-54(11-5)12-6)45-47-60-53(58)62-50(38-32-20-16-10-4)39-33-27-24-25-29-35-41-52(57)61-48-49(36-30-19-15-9-3)37-31-26-22-18-14-8-2;1-7-13-16-19-22-26-31-41(30-25-17-14-8-2)40-50-43(47)34-29-24-21-20-23-28-33-42(32-27-18-15-9-3)51-44(48)49-39-38-46(35-10-4)37-36-45(11-5)12-6;1-3-4-5-6-7-8-9-10-11(2)12/h49-50H,7-48H2,1-6H3;41-42H,7-40H2,1-6H3;3-10H2,1-2H3. The Morgan fingerprint density at radius 2 is 0.424 bits per heavy atom. The maximum Gasteiger partial charge on any atom is 0.508 e. The Morgan fingerprint density at radius 3 is 0.688 bits per heavy atom. The molecule has 0 rings (SSSR count). The van der Waals surface area contributed by atoms with Crippen molar-refractivity contribution in [1.82, 2.24) is 19.6 Å². The minimum atomic E-state index is -0.576. The number of nitrogens with zero attached hydrogens (tertiary/aromatic N) is 4. The van der Waals surface area contributed by atoms with E-state index < -0.39 is 12.3 Å². The average Bonchev–Trinajstić information content (AvgIpc) is 0.977. The molecule has 4 unspecified atom stereocenters. The molecule has 4 atom stereocenters. The van der Waals surface area contributed by atoms with E-state index in [0.29, 0.717) is 76.4 Å². The third-order valence-electron chi connectivity index (χ3n) is 25.3. The Bertz CT molecular complexity index is 2240. The molecule has 0 aromatic rings. The molecule has 744 valence electrons. The van der Waals surface area contributed by atoms with Crippen LogP contribution in [0.15, 0.2) is 0 Å². The maximum absolute atomic E-state index is 12.9. The van der Waals surface area contributed by atoms with E-state index in [-0.39, 0.29) is 36.7 Å². The van der Waals surface area contributed by atoms with Gasteiger partial charge in [0.15, 0.2) is 0 Å². The van der Waals surface area contributed by atoms with Crippen LogP contribution in [0.1, 0.15) is 527 Å². The van der Waals surface area contributed by atoms with Gasteiger partial charge in [-0.1, -0.05) is 385 Å². The van der Waals surface area contributed by atoms with E-state index >= 15 is 0 Å².